The summed E-state index contributed by atoms with van der Waals surface area (Å²) in [6.45, 7) is 6.38. The van der Waals surface area contributed by atoms with Gasteiger partial charge in [0.15, 0.2) is 0 Å². The second-order valence-corrected chi connectivity index (χ2v) is 10.6. The van der Waals surface area contributed by atoms with Gasteiger partial charge in [-0.15, -0.1) is 11.8 Å². The van der Waals surface area contributed by atoms with E-state index in [-0.39, 0.29) is 11.8 Å². The van der Waals surface area contributed by atoms with E-state index in [9.17, 15) is 9.59 Å². The van der Waals surface area contributed by atoms with Crippen LogP contribution >= 0.6 is 11.8 Å². The first-order chi connectivity index (χ1) is 17.9. The molecule has 7 heteroatoms. The molecule has 3 aromatic carbocycles. The molecule has 0 spiro atoms. The molecule has 0 saturated carbocycles. The Balaban J connectivity index is 1.56. The molecule has 4 rings (SSSR count). The molecule has 0 radical (unpaired) electrons. The number of amides is 2. The van der Waals surface area contributed by atoms with Crippen LogP contribution in [0.3, 0.4) is 0 Å². The predicted octanol–water partition coefficient (Wildman–Crippen LogP) is 5.00. The minimum Gasteiger partial charge on any atom is -0.344 e. The number of nitrogens with one attached hydrogen (secondary N) is 1. The highest BCUT2D eigenvalue weighted by Crippen LogP contribution is 2.32. The SMILES string of the molecule is CCn1c2ccccc2c2cc(SCC(NC(C)=O)C(=O)N(CCN(C)C)Cc3ccccc3)ccc21. The number of benzene rings is 3. The average Bonchev–Trinajstić information content (AvgIpc) is 3.21. The fourth-order valence-electron chi connectivity index (χ4n) is 4.67. The summed E-state index contributed by atoms with van der Waals surface area (Å²) in [6, 6.07) is 24.3. The van der Waals surface area contributed by atoms with Crippen LogP contribution in [0.15, 0.2) is 77.7 Å². The molecule has 1 unspecified atom stereocenters. The fourth-order valence-corrected chi connectivity index (χ4v) is 5.63. The number of aromatic nitrogens is 1. The van der Waals surface area contributed by atoms with Crippen molar-refractivity contribution in [3.05, 3.63) is 78.4 Å². The van der Waals surface area contributed by atoms with E-state index >= 15 is 0 Å². The van der Waals surface area contributed by atoms with E-state index in [1.165, 1.54) is 28.7 Å². The number of aryl methyl sites for hydroxylation is 1. The molecule has 194 valence electrons. The lowest BCUT2D eigenvalue weighted by Crippen LogP contribution is -2.50. The van der Waals surface area contributed by atoms with E-state index in [0.29, 0.717) is 18.8 Å². The Morgan fingerprint density at radius 2 is 1.62 bits per heavy atom. The summed E-state index contributed by atoms with van der Waals surface area (Å²) < 4.78 is 2.33. The number of para-hydroxylation sites is 1. The van der Waals surface area contributed by atoms with Crippen molar-refractivity contribution >= 4 is 45.4 Å². The van der Waals surface area contributed by atoms with Crippen molar-refractivity contribution < 1.29 is 9.59 Å². The Hall–Kier alpha value is -3.29. The molecule has 1 heterocycles. The number of carbonyl (C=O) groups is 2. The number of rotatable bonds is 11. The topological polar surface area (TPSA) is 57.6 Å². The lowest BCUT2D eigenvalue weighted by molar-refractivity contribution is -0.136. The van der Waals surface area contributed by atoms with E-state index in [2.05, 4.69) is 64.2 Å². The van der Waals surface area contributed by atoms with Crippen LogP contribution in [-0.4, -0.2) is 65.2 Å². The van der Waals surface area contributed by atoms with Gasteiger partial charge in [0.05, 0.1) is 0 Å². The Bertz CT molecular complexity index is 1370. The first kappa shape index (κ1) is 26.8. The summed E-state index contributed by atoms with van der Waals surface area (Å²) in [5, 5.41) is 5.36. The van der Waals surface area contributed by atoms with Gasteiger partial charge < -0.3 is 19.7 Å². The van der Waals surface area contributed by atoms with Crippen LogP contribution in [0.2, 0.25) is 0 Å². The number of thioether (sulfide) groups is 1. The molecular formula is C30H36N4O2S. The Morgan fingerprint density at radius 3 is 2.32 bits per heavy atom. The van der Waals surface area contributed by atoms with Crippen molar-refractivity contribution in [2.45, 2.75) is 37.9 Å². The van der Waals surface area contributed by atoms with Crippen LogP contribution in [0.5, 0.6) is 0 Å². The number of likely N-dealkylation sites (N-methyl/N-ethyl adjacent to an activating group) is 1. The zero-order valence-electron chi connectivity index (χ0n) is 22.1. The standard InChI is InChI=1S/C30H36N4O2S/c1-5-34-28-14-10-9-13-25(28)26-19-24(15-16-29(26)34)37-21-27(31-22(2)35)30(36)33(18-17-32(3)4)20-23-11-7-6-8-12-23/h6-16,19,27H,5,17-18,20-21H2,1-4H3,(H,31,35). The number of hydrogen-bond acceptors (Lipinski definition) is 4. The summed E-state index contributed by atoms with van der Waals surface area (Å²) in [5.41, 5.74) is 3.51. The molecule has 37 heavy (non-hydrogen) atoms. The van der Waals surface area contributed by atoms with Crippen LogP contribution in [0.25, 0.3) is 21.8 Å². The number of fused-ring (bicyclic) bond motifs is 3. The van der Waals surface area contributed by atoms with Gasteiger partial charge in [-0.3, -0.25) is 9.59 Å². The smallest absolute Gasteiger partial charge is 0.246 e. The Morgan fingerprint density at radius 1 is 0.919 bits per heavy atom. The van der Waals surface area contributed by atoms with E-state index in [1.54, 1.807) is 11.8 Å². The molecule has 1 aromatic heterocycles. The minimum absolute atomic E-state index is 0.0583. The molecule has 6 nitrogen and oxygen atoms in total. The molecule has 2 amide bonds. The lowest BCUT2D eigenvalue weighted by atomic mass is 10.1. The van der Waals surface area contributed by atoms with E-state index in [1.807, 2.05) is 49.3 Å². The molecule has 0 bridgehead atoms. The highest BCUT2D eigenvalue weighted by atomic mass is 32.2. The highest BCUT2D eigenvalue weighted by molar-refractivity contribution is 7.99. The van der Waals surface area contributed by atoms with Crippen LogP contribution in [0.1, 0.15) is 19.4 Å². The second kappa shape index (κ2) is 12.3. The molecule has 1 N–H and O–H groups in total. The van der Waals surface area contributed by atoms with Crippen LogP contribution in [0.4, 0.5) is 0 Å². The first-order valence-electron chi connectivity index (χ1n) is 12.8. The van der Waals surface area contributed by atoms with Gasteiger partial charge in [0.1, 0.15) is 6.04 Å². The zero-order valence-corrected chi connectivity index (χ0v) is 22.9. The predicted molar refractivity (Wildman–Crippen MR) is 154 cm³/mol. The molecule has 1 atom stereocenters. The van der Waals surface area contributed by atoms with Gasteiger partial charge in [-0.2, -0.15) is 0 Å². The van der Waals surface area contributed by atoms with Crippen LogP contribution in [-0.2, 0) is 22.7 Å². The van der Waals surface area contributed by atoms with E-state index < -0.39 is 6.04 Å². The van der Waals surface area contributed by atoms with E-state index in [4.69, 9.17) is 0 Å². The van der Waals surface area contributed by atoms with E-state index in [0.717, 1.165) is 23.5 Å². The van der Waals surface area contributed by atoms with Crippen molar-refractivity contribution in [1.82, 2.24) is 19.7 Å². The van der Waals surface area contributed by atoms with Gasteiger partial charge in [-0.1, -0.05) is 48.5 Å². The molecule has 0 fully saturated rings. The summed E-state index contributed by atoms with van der Waals surface area (Å²) in [7, 11) is 4.00. The largest absolute Gasteiger partial charge is 0.344 e. The van der Waals surface area contributed by atoms with Gasteiger partial charge in [0.2, 0.25) is 11.8 Å². The molecule has 0 aliphatic carbocycles. The minimum atomic E-state index is -0.610. The maximum atomic E-state index is 13.7. The average molecular weight is 517 g/mol. The third-order valence-electron chi connectivity index (χ3n) is 6.50. The third kappa shape index (κ3) is 6.53. The van der Waals surface area contributed by atoms with Crippen molar-refractivity contribution in [2.75, 3.05) is 32.9 Å². The summed E-state index contributed by atoms with van der Waals surface area (Å²) in [6.07, 6.45) is 0. The number of carbonyl (C=O) groups excluding carboxylic acids is 2. The van der Waals surface area contributed by atoms with Gasteiger partial charge in [0.25, 0.3) is 0 Å². The number of nitrogens with zero attached hydrogens (tertiary/aromatic N) is 3. The van der Waals surface area contributed by atoms with Gasteiger partial charge >= 0.3 is 0 Å². The normalized spacial score (nSPS) is 12.2. The quantitative estimate of drug-likeness (QED) is 0.285. The zero-order chi connectivity index (χ0) is 26.4. The third-order valence-corrected chi connectivity index (χ3v) is 7.58. The lowest BCUT2D eigenvalue weighted by Gasteiger charge is -2.29. The maximum Gasteiger partial charge on any atom is 0.246 e. The van der Waals surface area contributed by atoms with Gasteiger partial charge in [0, 0.05) is 65.6 Å². The Labute approximate surface area is 223 Å². The van der Waals surface area contributed by atoms with Crippen molar-refractivity contribution in [3.8, 4) is 0 Å². The van der Waals surface area contributed by atoms with Gasteiger partial charge in [-0.25, -0.2) is 0 Å². The fraction of sp³-hybridized carbons (Fsp3) is 0.333. The van der Waals surface area contributed by atoms with Crippen LogP contribution in [0, 0.1) is 0 Å². The van der Waals surface area contributed by atoms with Gasteiger partial charge in [-0.05, 0) is 50.8 Å². The molecule has 0 aliphatic heterocycles. The Kier molecular flexibility index (Phi) is 8.90. The summed E-state index contributed by atoms with van der Waals surface area (Å²) in [5.74, 6) is 0.202. The van der Waals surface area contributed by atoms with Crippen molar-refractivity contribution in [1.29, 1.82) is 0 Å². The second-order valence-electron chi connectivity index (χ2n) is 9.55. The maximum absolute atomic E-state index is 13.7. The monoisotopic (exact) mass is 516 g/mol. The summed E-state index contributed by atoms with van der Waals surface area (Å²) in [4.78, 5) is 30.8. The number of hydrogen-bond donors (Lipinski definition) is 1. The van der Waals surface area contributed by atoms with Crippen molar-refractivity contribution in [2.24, 2.45) is 0 Å². The molecule has 0 saturated heterocycles. The first-order valence-corrected chi connectivity index (χ1v) is 13.7. The molecule has 0 aliphatic rings. The van der Waals surface area contributed by atoms with Crippen LogP contribution < -0.4 is 5.32 Å². The molecule has 4 aromatic rings. The van der Waals surface area contributed by atoms with Crippen molar-refractivity contribution in [3.63, 3.8) is 0 Å². The molecular weight excluding hydrogens is 480 g/mol. The summed E-state index contributed by atoms with van der Waals surface area (Å²) >= 11 is 1.61. The highest BCUT2D eigenvalue weighted by Gasteiger charge is 2.26.